The molecule has 1 saturated carbocycles. The molecule has 0 atom stereocenters. The molecule has 0 radical (unpaired) electrons. The van der Waals surface area contributed by atoms with Crippen molar-refractivity contribution in [1.82, 2.24) is 10.1 Å². The largest absolute Gasteiger partial charge is 0.371 e. The van der Waals surface area contributed by atoms with Crippen molar-refractivity contribution in [1.29, 1.82) is 0 Å². The molecule has 1 aromatic rings. The first kappa shape index (κ1) is 12.5. The van der Waals surface area contributed by atoms with E-state index < -0.39 is 5.60 Å². The molecule has 0 amide bonds. The Morgan fingerprint density at radius 2 is 1.94 bits per heavy atom. The maximum absolute atomic E-state index is 5.88. The lowest BCUT2D eigenvalue weighted by atomic mass is 9.86. The lowest BCUT2D eigenvalue weighted by molar-refractivity contribution is 0.00973. The first-order valence-electron chi connectivity index (χ1n) is 6.17. The molecular weight excluding hydrogens is 218 g/mol. The SMILES string of the molecule is COC(C)(C)c1noc(C2CCC(N)CC2)n1. The fourth-order valence-corrected chi connectivity index (χ4v) is 2.10. The summed E-state index contributed by atoms with van der Waals surface area (Å²) in [5.74, 6) is 1.71. The minimum Gasteiger partial charge on any atom is -0.371 e. The molecule has 1 aliphatic rings. The van der Waals surface area contributed by atoms with Crippen LogP contribution in [0.1, 0.15) is 57.2 Å². The van der Waals surface area contributed by atoms with Gasteiger partial charge in [-0.1, -0.05) is 5.16 Å². The van der Waals surface area contributed by atoms with E-state index in [2.05, 4.69) is 10.1 Å². The molecule has 0 aliphatic heterocycles. The molecule has 2 rings (SSSR count). The molecule has 96 valence electrons. The molecule has 5 nitrogen and oxygen atoms in total. The molecule has 1 heterocycles. The Morgan fingerprint density at radius 3 is 2.53 bits per heavy atom. The second-order valence-corrected chi connectivity index (χ2v) is 5.28. The van der Waals surface area contributed by atoms with E-state index in [0.29, 0.717) is 17.8 Å². The topological polar surface area (TPSA) is 74.2 Å². The molecule has 1 fully saturated rings. The monoisotopic (exact) mass is 239 g/mol. The van der Waals surface area contributed by atoms with E-state index in [1.165, 1.54) is 0 Å². The standard InChI is InChI=1S/C12H21N3O2/c1-12(2,16-3)11-14-10(17-15-11)8-4-6-9(13)7-5-8/h8-9H,4-7,13H2,1-3H3. The molecule has 0 bridgehead atoms. The van der Waals surface area contributed by atoms with E-state index in [4.69, 9.17) is 15.0 Å². The first-order valence-corrected chi connectivity index (χ1v) is 6.17. The van der Waals surface area contributed by atoms with Gasteiger partial charge in [-0.15, -0.1) is 0 Å². The third-order valence-corrected chi connectivity index (χ3v) is 3.61. The van der Waals surface area contributed by atoms with E-state index in [-0.39, 0.29) is 0 Å². The summed E-state index contributed by atoms with van der Waals surface area (Å²) in [6, 6.07) is 0.337. The normalized spacial score (nSPS) is 26.1. The molecule has 1 aliphatic carbocycles. The van der Waals surface area contributed by atoms with Gasteiger partial charge in [-0.25, -0.2) is 0 Å². The Labute approximate surface area is 102 Å². The average molecular weight is 239 g/mol. The zero-order chi connectivity index (χ0) is 12.5. The number of nitrogens with zero attached hydrogens (tertiary/aromatic N) is 2. The Hall–Kier alpha value is -0.940. The number of nitrogens with two attached hydrogens (primary N) is 1. The van der Waals surface area contributed by atoms with Gasteiger partial charge >= 0.3 is 0 Å². The van der Waals surface area contributed by atoms with E-state index in [9.17, 15) is 0 Å². The van der Waals surface area contributed by atoms with E-state index >= 15 is 0 Å². The molecule has 0 aromatic carbocycles. The fraction of sp³-hybridized carbons (Fsp3) is 0.833. The van der Waals surface area contributed by atoms with Gasteiger partial charge < -0.3 is 15.0 Å². The van der Waals surface area contributed by atoms with Crippen molar-refractivity contribution >= 4 is 0 Å². The number of hydrogen-bond donors (Lipinski definition) is 1. The van der Waals surface area contributed by atoms with Crippen LogP contribution in [0.3, 0.4) is 0 Å². The molecule has 1 aromatic heterocycles. The van der Waals surface area contributed by atoms with Crippen LogP contribution in [0.5, 0.6) is 0 Å². The quantitative estimate of drug-likeness (QED) is 0.872. The van der Waals surface area contributed by atoms with Crippen LogP contribution < -0.4 is 5.73 Å². The first-order chi connectivity index (χ1) is 8.03. The Bertz CT molecular complexity index is 368. The van der Waals surface area contributed by atoms with Crippen molar-refractivity contribution in [2.45, 2.75) is 57.1 Å². The predicted molar refractivity (Wildman–Crippen MR) is 63.5 cm³/mol. The molecule has 0 saturated heterocycles. The zero-order valence-electron chi connectivity index (χ0n) is 10.8. The number of methoxy groups -OCH3 is 1. The summed E-state index contributed by atoms with van der Waals surface area (Å²) in [7, 11) is 1.65. The summed E-state index contributed by atoms with van der Waals surface area (Å²) in [5, 5.41) is 4.01. The van der Waals surface area contributed by atoms with Crippen molar-refractivity contribution in [3.63, 3.8) is 0 Å². The summed E-state index contributed by atoms with van der Waals surface area (Å²) >= 11 is 0. The average Bonchev–Trinajstić information content (AvgIpc) is 2.80. The molecule has 0 unspecified atom stereocenters. The lowest BCUT2D eigenvalue weighted by Crippen LogP contribution is -2.26. The van der Waals surface area contributed by atoms with Crippen LogP contribution >= 0.6 is 0 Å². The molecular formula is C12H21N3O2. The summed E-state index contributed by atoms with van der Waals surface area (Å²) in [6.45, 7) is 3.86. The predicted octanol–water partition coefficient (Wildman–Crippen LogP) is 1.94. The van der Waals surface area contributed by atoms with E-state index in [1.54, 1.807) is 7.11 Å². The molecule has 17 heavy (non-hydrogen) atoms. The van der Waals surface area contributed by atoms with E-state index in [1.807, 2.05) is 13.8 Å². The highest BCUT2D eigenvalue weighted by molar-refractivity contribution is 5.01. The Kier molecular flexibility index (Phi) is 3.49. The summed E-state index contributed by atoms with van der Waals surface area (Å²) in [5.41, 5.74) is 5.39. The molecule has 2 N–H and O–H groups in total. The van der Waals surface area contributed by atoms with Gasteiger partial charge in [0.25, 0.3) is 0 Å². The maximum atomic E-state index is 5.88. The van der Waals surface area contributed by atoms with Gasteiger partial charge in [-0.2, -0.15) is 4.98 Å². The fourth-order valence-electron chi connectivity index (χ4n) is 2.10. The lowest BCUT2D eigenvalue weighted by Gasteiger charge is -2.23. The second-order valence-electron chi connectivity index (χ2n) is 5.28. The van der Waals surface area contributed by atoms with Crippen LogP contribution in [0, 0.1) is 0 Å². The van der Waals surface area contributed by atoms with Crippen LogP contribution in [0.15, 0.2) is 4.52 Å². The van der Waals surface area contributed by atoms with Gasteiger partial charge in [0.15, 0.2) is 0 Å². The number of hydrogen-bond acceptors (Lipinski definition) is 5. The van der Waals surface area contributed by atoms with Crippen molar-refractivity contribution in [3.05, 3.63) is 11.7 Å². The summed E-state index contributed by atoms with van der Waals surface area (Å²) in [6.07, 6.45) is 4.15. The van der Waals surface area contributed by atoms with Gasteiger partial charge in [0.2, 0.25) is 11.7 Å². The van der Waals surface area contributed by atoms with Gasteiger partial charge in [0, 0.05) is 19.1 Å². The van der Waals surface area contributed by atoms with Crippen molar-refractivity contribution < 1.29 is 9.26 Å². The van der Waals surface area contributed by atoms with E-state index in [0.717, 1.165) is 31.6 Å². The second kappa shape index (κ2) is 4.74. The van der Waals surface area contributed by atoms with Crippen LogP contribution in [0.2, 0.25) is 0 Å². The van der Waals surface area contributed by atoms with Gasteiger partial charge in [0.05, 0.1) is 0 Å². The van der Waals surface area contributed by atoms with Crippen LogP contribution in [0.4, 0.5) is 0 Å². The van der Waals surface area contributed by atoms with Crippen molar-refractivity contribution in [2.75, 3.05) is 7.11 Å². The third-order valence-electron chi connectivity index (χ3n) is 3.61. The Balaban J connectivity index is 2.08. The molecule has 0 spiro atoms. The summed E-state index contributed by atoms with van der Waals surface area (Å²) in [4.78, 5) is 4.46. The van der Waals surface area contributed by atoms with Gasteiger partial charge in [0.1, 0.15) is 5.60 Å². The molecule has 5 heteroatoms. The summed E-state index contributed by atoms with van der Waals surface area (Å²) < 4.78 is 10.7. The smallest absolute Gasteiger partial charge is 0.229 e. The minimum absolute atomic E-state index is 0.337. The van der Waals surface area contributed by atoms with Gasteiger partial charge in [-0.3, -0.25) is 0 Å². The number of rotatable bonds is 3. The number of ether oxygens (including phenoxy) is 1. The highest BCUT2D eigenvalue weighted by Gasteiger charge is 2.30. The third kappa shape index (κ3) is 2.66. The van der Waals surface area contributed by atoms with Gasteiger partial charge in [-0.05, 0) is 39.5 Å². The highest BCUT2D eigenvalue weighted by atomic mass is 16.5. The zero-order valence-corrected chi connectivity index (χ0v) is 10.8. The van der Waals surface area contributed by atoms with Crippen molar-refractivity contribution in [2.24, 2.45) is 5.73 Å². The highest BCUT2D eigenvalue weighted by Crippen LogP contribution is 2.32. The Morgan fingerprint density at radius 1 is 1.29 bits per heavy atom. The maximum Gasteiger partial charge on any atom is 0.229 e. The van der Waals surface area contributed by atoms with Crippen LogP contribution in [-0.4, -0.2) is 23.3 Å². The van der Waals surface area contributed by atoms with Crippen molar-refractivity contribution in [3.8, 4) is 0 Å². The number of aromatic nitrogens is 2. The van der Waals surface area contributed by atoms with Crippen LogP contribution in [-0.2, 0) is 10.3 Å². The van der Waals surface area contributed by atoms with Crippen LogP contribution in [0.25, 0.3) is 0 Å². The minimum atomic E-state index is -0.493.